The number of carbonyl (C=O) groups excluding carboxylic acids is 2. The molecule has 240 valence electrons. The first kappa shape index (κ1) is 28.6. The van der Waals surface area contributed by atoms with Gasteiger partial charge in [0, 0.05) is 54.4 Å². The molecule has 1 saturated heterocycles. The lowest BCUT2D eigenvalue weighted by atomic mass is 9.95. The van der Waals surface area contributed by atoms with E-state index in [9.17, 15) is 9.59 Å². The van der Waals surface area contributed by atoms with Crippen LogP contribution in [0.3, 0.4) is 0 Å². The molecular weight excluding hydrogens is 593 g/mol. The molecule has 9 heteroatoms. The second kappa shape index (κ2) is 10.4. The highest BCUT2D eigenvalue weighted by Gasteiger charge is 2.39. The van der Waals surface area contributed by atoms with Gasteiger partial charge in [-0.3, -0.25) is 9.59 Å². The Kier molecular flexibility index (Phi) is 6.33. The Labute approximate surface area is 272 Å². The number of methoxy groups -OCH3 is 1. The minimum atomic E-state index is -0.356. The maximum Gasteiger partial charge on any atom is 0.254 e. The van der Waals surface area contributed by atoms with Crippen LogP contribution in [-0.4, -0.2) is 51.0 Å². The second-order valence-electron chi connectivity index (χ2n) is 14.4. The third kappa shape index (κ3) is 4.65. The normalized spacial score (nSPS) is 21.9. The van der Waals surface area contributed by atoms with Gasteiger partial charge < -0.3 is 24.1 Å². The van der Waals surface area contributed by atoms with Gasteiger partial charge in [-0.25, -0.2) is 9.37 Å². The maximum absolute atomic E-state index is 15.3. The third-order valence-corrected chi connectivity index (χ3v) is 11.2. The lowest BCUT2D eigenvalue weighted by Gasteiger charge is -2.32. The summed E-state index contributed by atoms with van der Waals surface area (Å²) >= 11 is 0. The summed E-state index contributed by atoms with van der Waals surface area (Å²) in [5.41, 5.74) is 6.81. The molecule has 2 bridgehead atoms. The molecule has 3 atom stereocenters. The van der Waals surface area contributed by atoms with Crippen molar-refractivity contribution in [2.75, 3.05) is 25.5 Å². The van der Waals surface area contributed by atoms with Gasteiger partial charge in [0.25, 0.3) is 5.91 Å². The molecule has 3 fully saturated rings. The van der Waals surface area contributed by atoms with E-state index >= 15 is 4.39 Å². The van der Waals surface area contributed by atoms with Crippen LogP contribution in [0.15, 0.2) is 48.5 Å². The van der Waals surface area contributed by atoms with Crippen molar-refractivity contribution in [2.24, 2.45) is 30.7 Å². The smallest absolute Gasteiger partial charge is 0.254 e. The number of anilines is 1. The lowest BCUT2D eigenvalue weighted by molar-refractivity contribution is -0.115. The molecule has 8 nitrogen and oxygen atoms in total. The Bertz CT molecular complexity index is 2140. The molecule has 2 amide bonds. The molecule has 3 aromatic carbocycles. The van der Waals surface area contributed by atoms with E-state index in [1.54, 1.807) is 13.2 Å². The number of benzene rings is 3. The summed E-state index contributed by atoms with van der Waals surface area (Å²) in [7, 11) is 3.65. The molecule has 5 aromatic rings. The molecule has 2 aromatic heterocycles. The van der Waals surface area contributed by atoms with E-state index in [0.29, 0.717) is 46.2 Å². The predicted molar refractivity (Wildman–Crippen MR) is 180 cm³/mol. The summed E-state index contributed by atoms with van der Waals surface area (Å²) in [6.45, 7) is 4.80. The van der Waals surface area contributed by atoms with Crippen molar-refractivity contribution in [1.29, 1.82) is 0 Å². The van der Waals surface area contributed by atoms with Crippen LogP contribution >= 0.6 is 0 Å². The van der Waals surface area contributed by atoms with Gasteiger partial charge in [0.05, 0.1) is 24.7 Å². The molecule has 47 heavy (non-hydrogen) atoms. The average Bonchev–Trinajstić information content (AvgIpc) is 3.47. The number of aryl methyl sites for hydroxylation is 1. The summed E-state index contributed by atoms with van der Waals surface area (Å²) in [4.78, 5) is 33.0. The number of imidazole rings is 1. The van der Waals surface area contributed by atoms with Gasteiger partial charge in [-0.05, 0) is 96.9 Å². The first-order valence-electron chi connectivity index (χ1n) is 16.8. The van der Waals surface area contributed by atoms with Crippen LogP contribution in [0.1, 0.15) is 48.5 Å². The van der Waals surface area contributed by atoms with Crippen LogP contribution in [0.2, 0.25) is 0 Å². The SMILES string of the molecule is COc1cc(C(=O)N2CC3CC(C2)[C@@H](C)C3)cc2nc(-c3cc4ccc(-c5cc6c(cc5F)NC(=O)C6)cc4n3CC3CC3)n(C)c12. The van der Waals surface area contributed by atoms with Crippen molar-refractivity contribution < 1.29 is 18.7 Å². The summed E-state index contributed by atoms with van der Waals surface area (Å²) in [6, 6.07) is 15.2. The number of likely N-dealkylation sites (tertiary alicyclic amines) is 1. The fourth-order valence-corrected chi connectivity index (χ4v) is 8.55. The van der Waals surface area contributed by atoms with E-state index in [1.165, 1.54) is 31.7 Å². The monoisotopic (exact) mass is 631 g/mol. The highest BCUT2D eigenvalue weighted by molar-refractivity contribution is 6.01. The fourth-order valence-electron chi connectivity index (χ4n) is 8.55. The van der Waals surface area contributed by atoms with Gasteiger partial charge in [-0.15, -0.1) is 0 Å². The molecule has 2 aliphatic heterocycles. The van der Waals surface area contributed by atoms with Crippen LogP contribution in [0.5, 0.6) is 5.75 Å². The summed E-state index contributed by atoms with van der Waals surface area (Å²) in [5.74, 6) is 3.43. The fraction of sp³-hybridized carbons (Fsp3) is 0.395. The van der Waals surface area contributed by atoms with Gasteiger partial charge in [-0.2, -0.15) is 0 Å². The van der Waals surface area contributed by atoms with Crippen LogP contribution in [0, 0.1) is 29.5 Å². The number of amides is 2. The van der Waals surface area contributed by atoms with E-state index < -0.39 is 0 Å². The van der Waals surface area contributed by atoms with E-state index in [2.05, 4.69) is 33.5 Å². The number of halogens is 1. The molecule has 4 heterocycles. The number of fused-ring (bicyclic) bond motifs is 5. The predicted octanol–water partition coefficient (Wildman–Crippen LogP) is 7.03. The quantitative estimate of drug-likeness (QED) is 0.218. The number of nitrogens with zero attached hydrogens (tertiary/aromatic N) is 4. The average molecular weight is 632 g/mol. The van der Waals surface area contributed by atoms with Gasteiger partial charge in [-0.1, -0.05) is 19.1 Å². The van der Waals surface area contributed by atoms with Gasteiger partial charge >= 0.3 is 0 Å². The van der Waals surface area contributed by atoms with Crippen LogP contribution in [0.4, 0.5) is 10.1 Å². The second-order valence-corrected chi connectivity index (χ2v) is 14.4. The molecule has 0 radical (unpaired) electrons. The zero-order valence-electron chi connectivity index (χ0n) is 27.0. The first-order valence-corrected chi connectivity index (χ1v) is 16.8. The standard InChI is InChI=1S/C38H38FN5O3/c1-20-8-22-9-27(20)19-43(17-22)38(46)26-11-31-36(34(14-26)47-3)42(2)37(41-31)33-13-24-7-6-23(12-32(24)44(33)18-21-4-5-21)28-10-25-15-35(45)40-30(25)16-29(28)39/h6-7,10-14,16,20-22,27H,4-5,8-9,15,17-19H2,1-3H3,(H,40,45)/t20-,22?,27?/m0/s1. The van der Waals surface area contributed by atoms with Gasteiger partial charge in [0.2, 0.25) is 5.91 Å². The first-order chi connectivity index (χ1) is 22.7. The van der Waals surface area contributed by atoms with E-state index in [-0.39, 0.29) is 24.1 Å². The Morgan fingerprint density at radius 2 is 1.94 bits per heavy atom. The number of nitrogens with one attached hydrogen (secondary N) is 1. The Hall–Kier alpha value is -4.66. The molecule has 2 saturated carbocycles. The van der Waals surface area contributed by atoms with Crippen LogP contribution in [0.25, 0.3) is 44.6 Å². The van der Waals surface area contributed by atoms with Crippen molar-refractivity contribution in [3.05, 3.63) is 65.5 Å². The molecule has 2 aliphatic carbocycles. The minimum Gasteiger partial charge on any atom is -0.494 e. The molecular formula is C38H38FN5O3. The van der Waals surface area contributed by atoms with Crippen molar-refractivity contribution >= 4 is 39.4 Å². The highest BCUT2D eigenvalue weighted by atomic mass is 19.1. The lowest BCUT2D eigenvalue weighted by Crippen LogP contribution is -2.41. The summed E-state index contributed by atoms with van der Waals surface area (Å²) in [6.07, 6.45) is 5.05. The zero-order valence-corrected chi connectivity index (χ0v) is 27.0. The molecule has 1 N–H and O–H groups in total. The maximum atomic E-state index is 15.3. The zero-order chi connectivity index (χ0) is 32.1. The highest BCUT2D eigenvalue weighted by Crippen LogP contribution is 2.42. The van der Waals surface area contributed by atoms with Gasteiger partial charge in [0.1, 0.15) is 17.1 Å². The minimum absolute atomic E-state index is 0.0514. The van der Waals surface area contributed by atoms with Crippen molar-refractivity contribution in [1.82, 2.24) is 19.0 Å². The van der Waals surface area contributed by atoms with Crippen LogP contribution in [-0.2, 0) is 24.8 Å². The molecule has 9 rings (SSSR count). The molecule has 4 aliphatic rings. The number of carbonyl (C=O) groups is 2. The Balaban J connectivity index is 1.13. The largest absolute Gasteiger partial charge is 0.494 e. The van der Waals surface area contributed by atoms with E-state index in [4.69, 9.17) is 9.72 Å². The van der Waals surface area contributed by atoms with Crippen molar-refractivity contribution in [2.45, 2.75) is 45.6 Å². The topological polar surface area (TPSA) is 81.4 Å². The summed E-state index contributed by atoms with van der Waals surface area (Å²) < 4.78 is 25.6. The Morgan fingerprint density at radius 3 is 2.72 bits per heavy atom. The van der Waals surface area contributed by atoms with Crippen LogP contribution < -0.4 is 10.1 Å². The third-order valence-electron chi connectivity index (χ3n) is 11.2. The number of ether oxygens (including phenoxy) is 1. The van der Waals surface area contributed by atoms with Crippen molar-refractivity contribution in [3.63, 3.8) is 0 Å². The summed E-state index contributed by atoms with van der Waals surface area (Å²) in [5, 5.41) is 3.79. The molecule has 2 unspecified atom stereocenters. The Morgan fingerprint density at radius 1 is 1.09 bits per heavy atom. The number of hydrogen-bond donors (Lipinski definition) is 1. The number of hydrogen-bond acceptors (Lipinski definition) is 4. The van der Waals surface area contributed by atoms with Crippen molar-refractivity contribution in [3.8, 4) is 28.4 Å². The van der Waals surface area contributed by atoms with E-state index in [1.807, 2.05) is 36.2 Å². The number of aromatic nitrogens is 3. The number of rotatable bonds is 6. The molecule has 0 spiro atoms. The van der Waals surface area contributed by atoms with Gasteiger partial charge in [0.15, 0.2) is 5.82 Å². The van der Waals surface area contributed by atoms with E-state index in [0.717, 1.165) is 64.2 Å². The number of piperidine rings is 1.